The van der Waals surface area contributed by atoms with Crippen molar-refractivity contribution in [2.45, 2.75) is 30.7 Å². The average molecular weight is 427 g/mol. The number of amides is 1. The molecule has 0 spiro atoms. The first kappa shape index (κ1) is 20.1. The fourth-order valence-corrected chi connectivity index (χ4v) is 5.02. The Morgan fingerprint density at radius 3 is 2.73 bits per heavy atom. The van der Waals surface area contributed by atoms with Gasteiger partial charge in [0.05, 0.1) is 12.7 Å². The van der Waals surface area contributed by atoms with Gasteiger partial charge >= 0.3 is 5.97 Å². The highest BCUT2D eigenvalue weighted by molar-refractivity contribution is 7.90. The second kappa shape index (κ2) is 7.56. The Morgan fingerprint density at radius 2 is 1.97 bits per heavy atom. The van der Waals surface area contributed by atoms with Gasteiger partial charge in [-0.25, -0.2) is 4.79 Å². The van der Waals surface area contributed by atoms with Gasteiger partial charge in [-0.05, 0) is 49.6 Å². The highest BCUT2D eigenvalue weighted by atomic mass is 32.2. The third kappa shape index (κ3) is 3.45. The third-order valence-electron chi connectivity index (χ3n) is 5.36. The van der Waals surface area contributed by atoms with E-state index in [0.717, 1.165) is 12.0 Å². The maximum Gasteiger partial charge on any atom is 0.337 e. The van der Waals surface area contributed by atoms with Gasteiger partial charge in [0.15, 0.2) is 5.84 Å². The second-order valence-electron chi connectivity index (χ2n) is 7.25. The number of methoxy groups -OCH3 is 1. The van der Waals surface area contributed by atoms with Gasteiger partial charge in [-0.3, -0.25) is 4.79 Å². The van der Waals surface area contributed by atoms with Crippen LogP contribution in [0.4, 0.5) is 5.69 Å². The minimum atomic E-state index is -3.76. The molecule has 156 valence electrons. The number of hydrogen-bond donors (Lipinski definition) is 1. The molecule has 1 saturated heterocycles. The first-order valence-electron chi connectivity index (χ1n) is 9.52. The Morgan fingerprint density at radius 1 is 1.20 bits per heavy atom. The van der Waals surface area contributed by atoms with E-state index < -0.39 is 22.0 Å². The molecule has 2 heterocycles. The van der Waals surface area contributed by atoms with Crippen molar-refractivity contribution >= 4 is 33.4 Å². The van der Waals surface area contributed by atoms with E-state index in [4.69, 9.17) is 4.74 Å². The average Bonchev–Trinajstić information content (AvgIpc) is 3.32. The predicted octanol–water partition coefficient (Wildman–Crippen LogP) is 2.33. The number of carbonyl (C=O) groups excluding carboxylic acids is 2. The molecule has 0 bridgehead atoms. The number of nitrogens with one attached hydrogen (secondary N) is 1. The number of carbonyl (C=O) groups is 2. The zero-order valence-electron chi connectivity index (χ0n) is 16.6. The van der Waals surface area contributed by atoms with Gasteiger partial charge in [0.1, 0.15) is 10.9 Å². The van der Waals surface area contributed by atoms with E-state index in [0.29, 0.717) is 35.6 Å². The highest BCUT2D eigenvalue weighted by Crippen LogP contribution is 2.31. The van der Waals surface area contributed by atoms with Crippen molar-refractivity contribution in [1.29, 1.82) is 0 Å². The molecule has 9 heteroatoms. The maximum atomic E-state index is 13.1. The molecule has 4 rings (SSSR count). The summed E-state index contributed by atoms with van der Waals surface area (Å²) in [5.41, 5.74) is 2.16. The summed E-state index contributed by atoms with van der Waals surface area (Å²) >= 11 is 0. The van der Waals surface area contributed by atoms with Crippen LogP contribution < -0.4 is 5.32 Å². The molecule has 2 aromatic carbocycles. The van der Waals surface area contributed by atoms with Crippen molar-refractivity contribution < 1.29 is 22.7 Å². The van der Waals surface area contributed by atoms with Crippen LogP contribution in [0, 0.1) is 6.92 Å². The molecule has 0 saturated carbocycles. The number of esters is 1. The smallest absolute Gasteiger partial charge is 0.337 e. The molecule has 8 nitrogen and oxygen atoms in total. The summed E-state index contributed by atoms with van der Waals surface area (Å²) in [6.07, 6.45) is 1.31. The van der Waals surface area contributed by atoms with Crippen molar-refractivity contribution in [3.8, 4) is 0 Å². The monoisotopic (exact) mass is 427 g/mol. The van der Waals surface area contributed by atoms with Gasteiger partial charge < -0.3 is 15.0 Å². The van der Waals surface area contributed by atoms with Crippen molar-refractivity contribution in [2.24, 2.45) is 4.40 Å². The fourth-order valence-electron chi connectivity index (χ4n) is 3.81. The number of ether oxygens (including phenoxy) is 1. The third-order valence-corrected chi connectivity index (χ3v) is 6.68. The van der Waals surface area contributed by atoms with Gasteiger partial charge in [0.25, 0.3) is 10.0 Å². The Bertz CT molecular complexity index is 1170. The first-order valence-corrected chi connectivity index (χ1v) is 11.0. The highest BCUT2D eigenvalue weighted by Gasteiger charge is 2.39. The normalized spacial score (nSPS) is 19.2. The van der Waals surface area contributed by atoms with E-state index in [1.54, 1.807) is 41.3 Å². The van der Waals surface area contributed by atoms with E-state index in [2.05, 4.69) is 9.71 Å². The summed E-state index contributed by atoms with van der Waals surface area (Å²) in [5, 5.41) is 2.88. The zero-order chi connectivity index (χ0) is 21.5. The Kier molecular flexibility index (Phi) is 5.07. The van der Waals surface area contributed by atoms with Gasteiger partial charge in [-0.15, -0.1) is 4.40 Å². The quantitative estimate of drug-likeness (QED) is 0.754. The Balaban J connectivity index is 1.61. The number of aryl methyl sites for hydroxylation is 1. The molecule has 2 aliphatic rings. The van der Waals surface area contributed by atoms with Crippen LogP contribution in [-0.2, 0) is 19.6 Å². The molecule has 1 amide bonds. The Labute approximate surface area is 174 Å². The summed E-state index contributed by atoms with van der Waals surface area (Å²) in [6, 6.07) is 11.0. The van der Waals surface area contributed by atoms with Crippen molar-refractivity contribution in [1.82, 2.24) is 4.90 Å². The standard InChI is InChI=1S/C21H21N3O5S/c1-13-9-10-14(21(26)29-2)12-16(13)22-20(25)17-7-5-11-24(17)19-15-6-3-4-8-18(15)30(27,28)23-19/h3-4,6,8-10,12,17H,5,7,11H2,1-2H3,(H,22,25)/t17-/m0/s1. The molecule has 0 unspecified atom stereocenters. The molecule has 2 aliphatic heterocycles. The topological polar surface area (TPSA) is 105 Å². The SMILES string of the molecule is COC(=O)c1ccc(C)c(NC(=O)[C@@H]2CCCN2C2=NS(=O)(=O)c3ccccc32)c1. The molecule has 0 aromatic heterocycles. The fraction of sp³-hybridized carbons (Fsp3) is 0.286. The van der Waals surface area contributed by atoms with E-state index >= 15 is 0 Å². The molecule has 1 N–H and O–H groups in total. The lowest BCUT2D eigenvalue weighted by Gasteiger charge is -2.26. The van der Waals surface area contributed by atoms with Crippen molar-refractivity contribution in [3.05, 3.63) is 59.2 Å². The molecule has 30 heavy (non-hydrogen) atoms. The number of hydrogen-bond acceptors (Lipinski definition) is 6. The molecule has 0 radical (unpaired) electrons. The van der Waals surface area contributed by atoms with Crippen molar-refractivity contribution in [2.75, 3.05) is 19.0 Å². The van der Waals surface area contributed by atoms with Gasteiger partial charge in [-0.2, -0.15) is 8.42 Å². The lowest BCUT2D eigenvalue weighted by atomic mass is 10.1. The lowest BCUT2D eigenvalue weighted by Crippen LogP contribution is -2.43. The number of sulfonamides is 1. The first-order chi connectivity index (χ1) is 14.3. The zero-order valence-corrected chi connectivity index (χ0v) is 17.4. The second-order valence-corrected chi connectivity index (χ2v) is 8.82. The summed E-state index contributed by atoms with van der Waals surface area (Å²) in [6.45, 7) is 2.36. The minimum absolute atomic E-state index is 0.160. The van der Waals surface area contributed by atoms with E-state index in [-0.39, 0.29) is 10.8 Å². The van der Waals surface area contributed by atoms with E-state index in [1.165, 1.54) is 13.2 Å². The maximum absolute atomic E-state index is 13.1. The summed E-state index contributed by atoms with van der Waals surface area (Å²) in [5.74, 6) is -0.458. The summed E-state index contributed by atoms with van der Waals surface area (Å²) in [7, 11) is -2.47. The number of fused-ring (bicyclic) bond motifs is 1. The van der Waals surface area contributed by atoms with Crippen LogP contribution in [0.5, 0.6) is 0 Å². The molecule has 0 aliphatic carbocycles. The van der Waals surface area contributed by atoms with Crippen LogP contribution in [0.25, 0.3) is 0 Å². The van der Waals surface area contributed by atoms with Crippen LogP contribution in [0.1, 0.15) is 34.3 Å². The van der Waals surface area contributed by atoms with Gasteiger partial charge in [0, 0.05) is 17.8 Å². The summed E-state index contributed by atoms with van der Waals surface area (Å²) < 4.78 is 33.5. The van der Waals surface area contributed by atoms with E-state index in [9.17, 15) is 18.0 Å². The molecule has 1 atom stereocenters. The van der Waals surface area contributed by atoms with Crippen LogP contribution in [0.15, 0.2) is 51.8 Å². The number of likely N-dealkylation sites (tertiary alicyclic amines) is 1. The largest absolute Gasteiger partial charge is 0.465 e. The molecular formula is C21H21N3O5S. The van der Waals surface area contributed by atoms with Crippen molar-refractivity contribution in [3.63, 3.8) is 0 Å². The van der Waals surface area contributed by atoms with Crippen LogP contribution in [-0.4, -0.2) is 50.7 Å². The number of benzene rings is 2. The van der Waals surface area contributed by atoms with Gasteiger partial charge in [0.2, 0.25) is 5.91 Å². The number of amidine groups is 1. The van der Waals surface area contributed by atoms with Crippen LogP contribution >= 0.6 is 0 Å². The van der Waals surface area contributed by atoms with Crippen LogP contribution in [0.3, 0.4) is 0 Å². The van der Waals surface area contributed by atoms with Gasteiger partial charge in [-0.1, -0.05) is 18.2 Å². The minimum Gasteiger partial charge on any atom is -0.465 e. The number of anilines is 1. The van der Waals surface area contributed by atoms with Crippen LogP contribution in [0.2, 0.25) is 0 Å². The summed E-state index contributed by atoms with van der Waals surface area (Å²) in [4.78, 5) is 26.8. The molecular weight excluding hydrogens is 406 g/mol. The number of nitrogens with zero attached hydrogens (tertiary/aromatic N) is 2. The number of rotatable bonds is 3. The lowest BCUT2D eigenvalue weighted by molar-refractivity contribution is -0.119. The van der Waals surface area contributed by atoms with E-state index in [1.807, 2.05) is 6.92 Å². The molecule has 2 aromatic rings. The predicted molar refractivity (Wildman–Crippen MR) is 111 cm³/mol. The Hall–Kier alpha value is -3.20. The molecule has 1 fully saturated rings.